The topological polar surface area (TPSA) is 66.8 Å². The summed E-state index contributed by atoms with van der Waals surface area (Å²) in [5.74, 6) is -0.613. The maximum absolute atomic E-state index is 12.4. The molecule has 0 aromatic heterocycles. The Morgan fingerprint density at radius 2 is 2.05 bits per heavy atom. The number of hydrogen-bond donors (Lipinski definition) is 1. The van der Waals surface area contributed by atoms with Gasteiger partial charge in [-0.25, -0.2) is 9.59 Å². The first-order valence-corrected chi connectivity index (χ1v) is 7.75. The van der Waals surface area contributed by atoms with Gasteiger partial charge >= 0.3 is 12.1 Å². The predicted molar refractivity (Wildman–Crippen MR) is 80.2 cm³/mol. The SMILES string of the molecule is C[C@@]1(C(=O)O)[C@@H]2CCC[C@@H]2CN1C(=O)OCc1ccccc1. The van der Waals surface area contributed by atoms with Crippen molar-refractivity contribution in [3.8, 4) is 0 Å². The molecule has 0 bridgehead atoms. The van der Waals surface area contributed by atoms with Crippen molar-refractivity contribution in [3.63, 3.8) is 0 Å². The molecule has 3 rings (SSSR count). The van der Waals surface area contributed by atoms with Crippen molar-refractivity contribution in [3.05, 3.63) is 35.9 Å². The second kappa shape index (κ2) is 5.63. The second-order valence-electron chi connectivity index (χ2n) is 6.40. The lowest BCUT2D eigenvalue weighted by Gasteiger charge is -2.34. The van der Waals surface area contributed by atoms with Crippen LogP contribution in [0.25, 0.3) is 0 Å². The average Bonchev–Trinajstić information content (AvgIpc) is 3.08. The zero-order valence-corrected chi connectivity index (χ0v) is 12.7. The normalized spacial score (nSPS) is 30.1. The smallest absolute Gasteiger partial charge is 0.411 e. The van der Waals surface area contributed by atoms with Gasteiger partial charge in [0.05, 0.1) is 0 Å². The van der Waals surface area contributed by atoms with Gasteiger partial charge in [-0.3, -0.25) is 4.90 Å². The summed E-state index contributed by atoms with van der Waals surface area (Å²) < 4.78 is 5.35. The fourth-order valence-electron chi connectivity index (χ4n) is 3.96. The van der Waals surface area contributed by atoms with Gasteiger partial charge in [0, 0.05) is 6.54 Å². The van der Waals surface area contributed by atoms with Crippen LogP contribution in [0.1, 0.15) is 31.7 Å². The zero-order chi connectivity index (χ0) is 15.7. The van der Waals surface area contributed by atoms with Gasteiger partial charge in [-0.2, -0.15) is 0 Å². The summed E-state index contributed by atoms with van der Waals surface area (Å²) in [5.41, 5.74) is -0.248. The van der Waals surface area contributed by atoms with Crippen LogP contribution >= 0.6 is 0 Å². The Kier molecular flexibility index (Phi) is 3.81. The highest BCUT2D eigenvalue weighted by molar-refractivity contribution is 5.85. The van der Waals surface area contributed by atoms with E-state index in [1.165, 1.54) is 4.90 Å². The molecule has 0 spiro atoms. The lowest BCUT2D eigenvalue weighted by Crippen LogP contribution is -2.54. The number of carbonyl (C=O) groups is 2. The molecule has 2 fully saturated rings. The fourth-order valence-corrected chi connectivity index (χ4v) is 3.96. The van der Waals surface area contributed by atoms with Crippen molar-refractivity contribution < 1.29 is 19.4 Å². The number of likely N-dealkylation sites (tertiary alicyclic amines) is 1. The molecule has 1 N–H and O–H groups in total. The number of rotatable bonds is 3. The molecule has 1 aliphatic heterocycles. The van der Waals surface area contributed by atoms with Crippen LogP contribution in [0.5, 0.6) is 0 Å². The monoisotopic (exact) mass is 303 g/mol. The molecule has 1 heterocycles. The first kappa shape index (κ1) is 14.9. The summed E-state index contributed by atoms with van der Waals surface area (Å²) in [6.07, 6.45) is 2.39. The van der Waals surface area contributed by atoms with Gasteiger partial charge in [-0.15, -0.1) is 0 Å². The molecule has 1 amide bonds. The number of hydrogen-bond acceptors (Lipinski definition) is 3. The molecule has 0 radical (unpaired) electrons. The van der Waals surface area contributed by atoms with E-state index in [4.69, 9.17) is 4.74 Å². The highest BCUT2D eigenvalue weighted by Crippen LogP contribution is 2.48. The number of ether oxygens (including phenoxy) is 1. The molecule has 1 saturated carbocycles. The molecule has 3 atom stereocenters. The Balaban J connectivity index is 1.72. The lowest BCUT2D eigenvalue weighted by atomic mass is 9.83. The summed E-state index contributed by atoms with van der Waals surface area (Å²) >= 11 is 0. The van der Waals surface area contributed by atoms with Crippen molar-refractivity contribution in [2.24, 2.45) is 11.8 Å². The molecule has 0 unspecified atom stereocenters. The third-order valence-corrected chi connectivity index (χ3v) is 5.22. The quantitative estimate of drug-likeness (QED) is 0.932. The van der Waals surface area contributed by atoms with Crippen molar-refractivity contribution in [2.75, 3.05) is 6.54 Å². The molecule has 22 heavy (non-hydrogen) atoms. The highest BCUT2D eigenvalue weighted by Gasteiger charge is 2.59. The van der Waals surface area contributed by atoms with Crippen LogP contribution in [0.4, 0.5) is 4.79 Å². The number of benzene rings is 1. The summed E-state index contributed by atoms with van der Waals surface area (Å²) in [5, 5.41) is 9.67. The molecule has 118 valence electrons. The third kappa shape index (κ3) is 2.34. The van der Waals surface area contributed by atoms with E-state index in [0.29, 0.717) is 6.54 Å². The summed E-state index contributed by atoms with van der Waals surface area (Å²) in [7, 11) is 0. The van der Waals surface area contributed by atoms with Crippen LogP contribution in [0.2, 0.25) is 0 Å². The van der Waals surface area contributed by atoms with Crippen molar-refractivity contribution in [1.82, 2.24) is 4.90 Å². The number of fused-ring (bicyclic) bond motifs is 1. The maximum Gasteiger partial charge on any atom is 0.411 e. The van der Waals surface area contributed by atoms with Crippen LogP contribution in [-0.4, -0.2) is 34.2 Å². The Morgan fingerprint density at radius 3 is 2.73 bits per heavy atom. The lowest BCUT2D eigenvalue weighted by molar-refractivity contribution is -0.150. The molecular formula is C17H21NO4. The van der Waals surface area contributed by atoms with Crippen molar-refractivity contribution >= 4 is 12.1 Å². The minimum atomic E-state index is -1.14. The molecule has 1 aromatic carbocycles. The van der Waals surface area contributed by atoms with Gasteiger partial charge in [0.2, 0.25) is 0 Å². The number of aliphatic carboxylic acids is 1. The van der Waals surface area contributed by atoms with E-state index in [9.17, 15) is 14.7 Å². The summed E-state index contributed by atoms with van der Waals surface area (Å²) in [6, 6.07) is 9.41. The number of amides is 1. The van der Waals surface area contributed by atoms with E-state index in [1.807, 2.05) is 30.3 Å². The number of carbonyl (C=O) groups excluding carboxylic acids is 1. The maximum atomic E-state index is 12.4. The Morgan fingerprint density at radius 1 is 1.32 bits per heavy atom. The molecule has 1 aliphatic carbocycles. The number of nitrogens with zero attached hydrogens (tertiary/aromatic N) is 1. The van der Waals surface area contributed by atoms with Gasteiger partial charge in [0.25, 0.3) is 0 Å². The van der Waals surface area contributed by atoms with Crippen LogP contribution in [0.3, 0.4) is 0 Å². The standard InChI is InChI=1S/C17H21NO4/c1-17(15(19)20)14-9-5-8-13(14)10-18(17)16(21)22-11-12-6-3-2-4-7-12/h2-4,6-7,13-14H,5,8-11H2,1H3,(H,19,20)/t13-,14-,17+/m1/s1. The molecule has 5 nitrogen and oxygen atoms in total. The van der Waals surface area contributed by atoms with E-state index in [0.717, 1.165) is 24.8 Å². The van der Waals surface area contributed by atoms with E-state index < -0.39 is 17.6 Å². The first-order valence-electron chi connectivity index (χ1n) is 7.75. The van der Waals surface area contributed by atoms with Crippen LogP contribution in [0.15, 0.2) is 30.3 Å². The van der Waals surface area contributed by atoms with Gasteiger partial charge in [-0.05, 0) is 37.2 Å². The van der Waals surface area contributed by atoms with Gasteiger partial charge < -0.3 is 9.84 Å². The van der Waals surface area contributed by atoms with E-state index in [1.54, 1.807) is 6.92 Å². The molecule has 1 saturated heterocycles. The van der Waals surface area contributed by atoms with E-state index >= 15 is 0 Å². The van der Waals surface area contributed by atoms with Crippen LogP contribution in [0, 0.1) is 11.8 Å². The fraction of sp³-hybridized carbons (Fsp3) is 0.529. The minimum Gasteiger partial charge on any atom is -0.479 e. The molecule has 5 heteroatoms. The molecule has 2 aliphatic rings. The van der Waals surface area contributed by atoms with Gasteiger partial charge in [0.1, 0.15) is 12.1 Å². The van der Waals surface area contributed by atoms with Crippen LogP contribution < -0.4 is 0 Å². The zero-order valence-electron chi connectivity index (χ0n) is 12.7. The second-order valence-corrected chi connectivity index (χ2v) is 6.40. The van der Waals surface area contributed by atoms with Gasteiger partial charge in [-0.1, -0.05) is 36.8 Å². The summed E-state index contributed by atoms with van der Waals surface area (Å²) in [4.78, 5) is 25.6. The minimum absolute atomic E-state index is 0.0364. The number of carboxylic acid groups (broad SMARTS) is 1. The Labute approximate surface area is 129 Å². The first-order chi connectivity index (χ1) is 10.5. The van der Waals surface area contributed by atoms with Gasteiger partial charge in [0.15, 0.2) is 0 Å². The van der Waals surface area contributed by atoms with Crippen molar-refractivity contribution in [1.29, 1.82) is 0 Å². The van der Waals surface area contributed by atoms with E-state index in [2.05, 4.69) is 0 Å². The Hall–Kier alpha value is -2.04. The molecular weight excluding hydrogens is 282 g/mol. The number of carboxylic acids is 1. The average molecular weight is 303 g/mol. The largest absolute Gasteiger partial charge is 0.479 e. The predicted octanol–water partition coefficient (Wildman–Crippen LogP) is 2.90. The molecule has 1 aromatic rings. The Bertz CT molecular complexity index is 573. The van der Waals surface area contributed by atoms with Crippen molar-refractivity contribution in [2.45, 2.75) is 38.3 Å². The highest BCUT2D eigenvalue weighted by atomic mass is 16.6. The van der Waals surface area contributed by atoms with Crippen LogP contribution in [-0.2, 0) is 16.1 Å². The van der Waals surface area contributed by atoms with E-state index in [-0.39, 0.29) is 18.4 Å². The third-order valence-electron chi connectivity index (χ3n) is 5.22. The summed E-state index contributed by atoms with van der Waals surface area (Å²) in [6.45, 7) is 2.32.